The first-order valence-corrected chi connectivity index (χ1v) is 13.3. The maximum Gasteiger partial charge on any atom is 0.259 e. The normalized spacial score (nSPS) is 14.2. The maximum atomic E-state index is 12.7. The average molecular weight is 494 g/mol. The second-order valence-corrected chi connectivity index (χ2v) is 11.2. The number of aromatic nitrogens is 4. The highest BCUT2D eigenvalue weighted by Gasteiger charge is 2.18. The smallest absolute Gasteiger partial charge is 0.259 e. The van der Waals surface area contributed by atoms with Gasteiger partial charge in [0.1, 0.15) is 16.5 Å². The number of imidazole rings is 1. The van der Waals surface area contributed by atoms with Crippen LogP contribution in [0.25, 0.3) is 21.6 Å². The van der Waals surface area contributed by atoms with Gasteiger partial charge in [-0.3, -0.25) is 9.59 Å². The Morgan fingerprint density at radius 1 is 1.26 bits per heavy atom. The Hall–Kier alpha value is -2.91. The first kappa shape index (κ1) is 22.9. The van der Waals surface area contributed by atoms with Crippen LogP contribution in [0.5, 0.6) is 0 Å². The van der Waals surface area contributed by atoms with Crippen LogP contribution >= 0.6 is 23.1 Å². The molecule has 4 aromatic rings. The number of benzene rings is 1. The molecule has 1 aliphatic heterocycles. The van der Waals surface area contributed by atoms with E-state index in [4.69, 9.17) is 0 Å². The molecule has 1 unspecified atom stereocenters. The quantitative estimate of drug-likeness (QED) is 0.392. The summed E-state index contributed by atoms with van der Waals surface area (Å²) in [5.74, 6) is 1.96. The van der Waals surface area contributed by atoms with Crippen LogP contribution in [0.1, 0.15) is 41.7 Å². The topological polar surface area (TPSA) is 92.7 Å². The largest absolute Gasteiger partial charge is 0.328 e. The lowest BCUT2D eigenvalue weighted by atomic mass is 10.1. The van der Waals surface area contributed by atoms with Crippen molar-refractivity contribution in [2.45, 2.75) is 57.6 Å². The van der Waals surface area contributed by atoms with Crippen molar-refractivity contribution in [3.63, 3.8) is 0 Å². The molecule has 7 nitrogen and oxygen atoms in total. The molecule has 5 rings (SSSR count). The number of nitrogens with one attached hydrogen (secondary N) is 2. The third kappa shape index (κ3) is 4.42. The zero-order valence-corrected chi connectivity index (χ0v) is 21.1. The summed E-state index contributed by atoms with van der Waals surface area (Å²) < 4.78 is 2.30. The molecule has 0 fully saturated rings. The number of nitrogens with zero attached hydrogens (tertiary/aromatic N) is 3. The van der Waals surface area contributed by atoms with Crippen LogP contribution in [0.4, 0.5) is 5.69 Å². The fourth-order valence-electron chi connectivity index (χ4n) is 4.26. The molecule has 34 heavy (non-hydrogen) atoms. The van der Waals surface area contributed by atoms with Gasteiger partial charge in [0.25, 0.3) is 5.56 Å². The summed E-state index contributed by atoms with van der Waals surface area (Å²) in [6.07, 6.45) is 5.47. The van der Waals surface area contributed by atoms with Crippen LogP contribution < -0.4 is 10.9 Å². The van der Waals surface area contributed by atoms with Crippen LogP contribution in [-0.2, 0) is 23.5 Å². The summed E-state index contributed by atoms with van der Waals surface area (Å²) in [7, 11) is 0. The number of thiophene rings is 1. The van der Waals surface area contributed by atoms with E-state index in [0.29, 0.717) is 17.0 Å². The van der Waals surface area contributed by atoms with E-state index < -0.39 is 0 Å². The molecule has 1 aromatic carbocycles. The highest BCUT2D eigenvalue weighted by atomic mass is 32.2. The van der Waals surface area contributed by atoms with Gasteiger partial charge in [0.15, 0.2) is 0 Å². The number of carbonyl (C=O) groups excluding carboxylic acids is 1. The zero-order valence-electron chi connectivity index (χ0n) is 19.5. The number of anilines is 1. The first-order chi connectivity index (χ1) is 16.4. The maximum absolute atomic E-state index is 12.7. The SMILES string of the molecule is Cc1sc2nc(CSC(C)C(=O)Nc3ccc(-c4ncc5n4CCCC5)cc3)[nH]c(=O)c2c1C. The molecule has 0 aliphatic carbocycles. The van der Waals surface area contributed by atoms with Gasteiger partial charge in [-0.05, 0) is 69.9 Å². The number of hydrogen-bond donors (Lipinski definition) is 2. The first-order valence-electron chi connectivity index (χ1n) is 11.5. The lowest BCUT2D eigenvalue weighted by molar-refractivity contribution is -0.115. The summed E-state index contributed by atoms with van der Waals surface area (Å²) in [6.45, 7) is 6.82. The van der Waals surface area contributed by atoms with Crippen molar-refractivity contribution in [1.29, 1.82) is 0 Å². The molecule has 176 valence electrons. The van der Waals surface area contributed by atoms with Crippen molar-refractivity contribution in [1.82, 2.24) is 19.5 Å². The number of carbonyl (C=O) groups is 1. The summed E-state index contributed by atoms with van der Waals surface area (Å²) in [5, 5.41) is 3.36. The molecule has 9 heteroatoms. The van der Waals surface area contributed by atoms with E-state index in [1.54, 1.807) is 0 Å². The monoisotopic (exact) mass is 493 g/mol. The number of amides is 1. The van der Waals surface area contributed by atoms with E-state index in [9.17, 15) is 9.59 Å². The molecule has 3 aromatic heterocycles. The summed E-state index contributed by atoms with van der Waals surface area (Å²) in [6, 6.07) is 7.85. The molecule has 2 N–H and O–H groups in total. The second-order valence-electron chi connectivity index (χ2n) is 8.68. The Balaban J connectivity index is 1.21. The van der Waals surface area contributed by atoms with Crippen LogP contribution in [0, 0.1) is 13.8 Å². The van der Waals surface area contributed by atoms with Crippen LogP contribution in [0.3, 0.4) is 0 Å². The number of aromatic amines is 1. The minimum Gasteiger partial charge on any atom is -0.328 e. The predicted molar refractivity (Wildman–Crippen MR) is 140 cm³/mol. The Bertz CT molecular complexity index is 1420. The van der Waals surface area contributed by atoms with Gasteiger partial charge in [0, 0.05) is 34.6 Å². The van der Waals surface area contributed by atoms with Crippen molar-refractivity contribution in [3.05, 3.63) is 62.8 Å². The Morgan fingerprint density at radius 3 is 2.85 bits per heavy atom. The van der Waals surface area contributed by atoms with Crippen LogP contribution in [0.2, 0.25) is 0 Å². The fraction of sp³-hybridized carbons (Fsp3) is 0.360. The highest BCUT2D eigenvalue weighted by molar-refractivity contribution is 7.99. The van der Waals surface area contributed by atoms with E-state index in [1.165, 1.54) is 41.6 Å². The number of aryl methyl sites for hydroxylation is 3. The molecular formula is C25H27N5O2S2. The van der Waals surface area contributed by atoms with E-state index in [-0.39, 0.29) is 16.7 Å². The molecule has 1 atom stereocenters. The van der Waals surface area contributed by atoms with Crippen molar-refractivity contribution in [2.75, 3.05) is 5.32 Å². The third-order valence-electron chi connectivity index (χ3n) is 6.34. The Labute approximate surface area is 206 Å². The number of H-pyrrole nitrogens is 1. The predicted octanol–water partition coefficient (Wildman–Crippen LogP) is 5.06. The van der Waals surface area contributed by atoms with Gasteiger partial charge >= 0.3 is 0 Å². The van der Waals surface area contributed by atoms with E-state index in [2.05, 4.69) is 24.8 Å². The minimum atomic E-state index is -0.299. The van der Waals surface area contributed by atoms with Crippen molar-refractivity contribution in [3.8, 4) is 11.4 Å². The summed E-state index contributed by atoms with van der Waals surface area (Å²) in [5.41, 5.74) is 3.98. The Morgan fingerprint density at radius 2 is 2.06 bits per heavy atom. The Kier molecular flexibility index (Phi) is 6.31. The standard InChI is InChI=1S/C25H27N5O2S2/c1-14-15(2)34-25-21(14)24(32)28-20(29-25)13-33-16(3)23(31)27-18-9-7-17(8-10-18)22-26-12-19-6-4-5-11-30(19)22/h7-10,12,16H,4-6,11,13H2,1-3H3,(H,27,31)(H,28,29,32). The molecule has 0 spiro atoms. The molecule has 0 saturated carbocycles. The van der Waals surface area contributed by atoms with Gasteiger partial charge in [0.05, 0.1) is 16.4 Å². The third-order valence-corrected chi connectivity index (χ3v) is 8.60. The number of thioether (sulfide) groups is 1. The van der Waals surface area contributed by atoms with E-state index in [1.807, 2.05) is 51.2 Å². The van der Waals surface area contributed by atoms with Gasteiger partial charge < -0.3 is 14.9 Å². The average Bonchev–Trinajstić information content (AvgIpc) is 3.39. The molecule has 0 bridgehead atoms. The fourth-order valence-corrected chi connectivity index (χ4v) is 6.06. The molecule has 1 aliphatic rings. The lowest BCUT2D eigenvalue weighted by Gasteiger charge is -2.17. The highest BCUT2D eigenvalue weighted by Crippen LogP contribution is 2.28. The number of rotatable bonds is 6. The van der Waals surface area contributed by atoms with Gasteiger partial charge in [-0.2, -0.15) is 0 Å². The van der Waals surface area contributed by atoms with Gasteiger partial charge in [0.2, 0.25) is 5.91 Å². The van der Waals surface area contributed by atoms with Crippen molar-refractivity contribution >= 4 is 44.9 Å². The molecule has 0 radical (unpaired) electrons. The molecular weight excluding hydrogens is 466 g/mol. The lowest BCUT2D eigenvalue weighted by Crippen LogP contribution is -2.23. The van der Waals surface area contributed by atoms with Gasteiger partial charge in [-0.1, -0.05) is 0 Å². The second kappa shape index (κ2) is 9.38. The molecule has 0 saturated heterocycles. The number of fused-ring (bicyclic) bond motifs is 2. The van der Waals surface area contributed by atoms with E-state index >= 15 is 0 Å². The zero-order chi connectivity index (χ0) is 23.8. The van der Waals surface area contributed by atoms with Crippen molar-refractivity contribution < 1.29 is 4.79 Å². The molecule has 1 amide bonds. The van der Waals surface area contributed by atoms with Crippen molar-refractivity contribution in [2.24, 2.45) is 0 Å². The summed E-state index contributed by atoms with van der Waals surface area (Å²) >= 11 is 2.98. The van der Waals surface area contributed by atoms with Crippen LogP contribution in [0.15, 0.2) is 35.3 Å². The van der Waals surface area contributed by atoms with Gasteiger partial charge in [-0.15, -0.1) is 23.1 Å². The number of hydrogen-bond acceptors (Lipinski definition) is 6. The van der Waals surface area contributed by atoms with E-state index in [0.717, 1.165) is 45.3 Å². The van der Waals surface area contributed by atoms with Crippen LogP contribution in [-0.4, -0.2) is 30.7 Å². The molecule has 4 heterocycles. The summed E-state index contributed by atoms with van der Waals surface area (Å²) in [4.78, 5) is 39.1. The minimum absolute atomic E-state index is 0.0813. The van der Waals surface area contributed by atoms with Gasteiger partial charge in [-0.25, -0.2) is 9.97 Å².